The molecule has 25 heavy (non-hydrogen) atoms. The highest BCUT2D eigenvalue weighted by Gasteiger charge is 2.46. The zero-order chi connectivity index (χ0) is 18.4. The molecule has 0 aromatic heterocycles. The summed E-state index contributed by atoms with van der Waals surface area (Å²) >= 11 is 0. The smallest absolute Gasteiger partial charge is 0.310 e. The second kappa shape index (κ2) is 8.99. The van der Waals surface area contributed by atoms with Gasteiger partial charge in [-0.1, -0.05) is 50.6 Å². The number of rotatable bonds is 6. The summed E-state index contributed by atoms with van der Waals surface area (Å²) in [6.45, 7) is 6.20. The Morgan fingerprint density at radius 3 is 2.48 bits per heavy atom. The van der Waals surface area contributed by atoms with Gasteiger partial charge in [-0.25, -0.2) is 0 Å². The predicted molar refractivity (Wildman–Crippen MR) is 95.7 cm³/mol. The molecule has 1 aromatic carbocycles. The second-order valence-electron chi connectivity index (χ2n) is 6.88. The molecular weight excluding hydrogens is 318 g/mol. The highest BCUT2D eigenvalue weighted by atomic mass is 16.5. The Bertz CT molecular complexity index is 574. The molecule has 1 amide bonds. The Morgan fingerprint density at radius 1 is 1.24 bits per heavy atom. The van der Waals surface area contributed by atoms with Gasteiger partial charge >= 0.3 is 5.97 Å². The van der Waals surface area contributed by atoms with Crippen molar-refractivity contribution < 1.29 is 19.1 Å². The SMILES string of the molecule is CC[C@H]1C[C@@H](C(=O)OC)[C@H](NC(C)=O)[C@@H](OCc2ccccc2)[C@@H]1C. The molecule has 1 aliphatic rings. The molecule has 5 atom stereocenters. The molecule has 0 aliphatic heterocycles. The van der Waals surface area contributed by atoms with Crippen molar-refractivity contribution in [3.63, 3.8) is 0 Å². The summed E-state index contributed by atoms with van der Waals surface area (Å²) < 4.78 is 11.2. The Hall–Kier alpha value is -1.88. The molecule has 138 valence electrons. The lowest BCUT2D eigenvalue weighted by molar-refractivity contribution is -0.156. The molecular formula is C20H29NO4. The number of nitrogens with one attached hydrogen (secondary N) is 1. The number of esters is 1. The van der Waals surface area contributed by atoms with Crippen LogP contribution < -0.4 is 5.32 Å². The molecule has 5 nitrogen and oxygen atoms in total. The van der Waals surface area contributed by atoms with Crippen molar-refractivity contribution in [1.82, 2.24) is 5.32 Å². The van der Waals surface area contributed by atoms with Gasteiger partial charge in [0.25, 0.3) is 0 Å². The van der Waals surface area contributed by atoms with E-state index < -0.39 is 0 Å². The van der Waals surface area contributed by atoms with Crippen LogP contribution in [-0.2, 0) is 25.7 Å². The van der Waals surface area contributed by atoms with Crippen LogP contribution in [0.5, 0.6) is 0 Å². The number of carbonyl (C=O) groups is 2. The maximum atomic E-state index is 12.3. The van der Waals surface area contributed by atoms with Crippen molar-refractivity contribution in [1.29, 1.82) is 0 Å². The standard InChI is InChI=1S/C20H29NO4/c1-5-16-11-17(20(23)24-4)18(21-14(3)22)19(13(16)2)25-12-15-9-7-6-8-10-15/h6-10,13,16-19H,5,11-12H2,1-4H3,(H,21,22)/t13-,16+,17-,18+,19+/m1/s1. The van der Waals surface area contributed by atoms with Crippen LogP contribution in [0.3, 0.4) is 0 Å². The average Bonchev–Trinajstić information content (AvgIpc) is 2.61. The van der Waals surface area contributed by atoms with Gasteiger partial charge in [-0.3, -0.25) is 9.59 Å². The first-order valence-corrected chi connectivity index (χ1v) is 8.98. The van der Waals surface area contributed by atoms with E-state index in [9.17, 15) is 9.59 Å². The zero-order valence-corrected chi connectivity index (χ0v) is 15.5. The van der Waals surface area contributed by atoms with Crippen molar-refractivity contribution in [2.24, 2.45) is 17.8 Å². The van der Waals surface area contributed by atoms with E-state index in [1.807, 2.05) is 30.3 Å². The largest absolute Gasteiger partial charge is 0.469 e. The van der Waals surface area contributed by atoms with E-state index in [-0.39, 0.29) is 35.9 Å². The minimum Gasteiger partial charge on any atom is -0.469 e. The van der Waals surface area contributed by atoms with Gasteiger partial charge in [-0.2, -0.15) is 0 Å². The predicted octanol–water partition coefficient (Wildman–Crippen LogP) is 2.93. The summed E-state index contributed by atoms with van der Waals surface area (Å²) in [6.07, 6.45) is 1.44. The number of amides is 1. The monoisotopic (exact) mass is 347 g/mol. The molecule has 0 radical (unpaired) electrons. The molecule has 0 saturated heterocycles. The first-order valence-electron chi connectivity index (χ1n) is 8.98. The van der Waals surface area contributed by atoms with Gasteiger partial charge in [0.2, 0.25) is 5.91 Å². The first-order chi connectivity index (χ1) is 12.0. The molecule has 2 rings (SSSR count). The number of ether oxygens (including phenoxy) is 2. The number of carbonyl (C=O) groups excluding carboxylic acids is 2. The van der Waals surface area contributed by atoms with E-state index in [1.165, 1.54) is 14.0 Å². The summed E-state index contributed by atoms with van der Waals surface area (Å²) in [5.74, 6) is -0.219. The minimum absolute atomic E-state index is 0.158. The van der Waals surface area contributed by atoms with Crippen LogP contribution >= 0.6 is 0 Å². The van der Waals surface area contributed by atoms with Crippen LogP contribution in [0, 0.1) is 17.8 Å². The fourth-order valence-corrected chi connectivity index (χ4v) is 3.88. The van der Waals surface area contributed by atoms with Crippen LogP contribution in [0.1, 0.15) is 39.2 Å². The highest BCUT2D eigenvalue weighted by Crippen LogP contribution is 2.38. The van der Waals surface area contributed by atoms with E-state index in [0.717, 1.165) is 12.0 Å². The summed E-state index contributed by atoms with van der Waals surface area (Å²) in [5.41, 5.74) is 1.07. The molecule has 1 N–H and O–H groups in total. The van der Waals surface area contributed by atoms with Crippen LogP contribution in [0.2, 0.25) is 0 Å². The summed E-state index contributed by atoms with van der Waals surface area (Å²) in [7, 11) is 1.39. The number of methoxy groups -OCH3 is 1. The topological polar surface area (TPSA) is 64.6 Å². The van der Waals surface area contributed by atoms with Crippen molar-refractivity contribution in [2.75, 3.05) is 7.11 Å². The van der Waals surface area contributed by atoms with Crippen LogP contribution in [-0.4, -0.2) is 31.1 Å². The van der Waals surface area contributed by atoms with Gasteiger partial charge < -0.3 is 14.8 Å². The summed E-state index contributed by atoms with van der Waals surface area (Å²) in [6, 6.07) is 9.56. The third kappa shape index (κ3) is 4.82. The van der Waals surface area contributed by atoms with Gasteiger partial charge in [0.1, 0.15) is 0 Å². The fraction of sp³-hybridized carbons (Fsp3) is 0.600. The average molecular weight is 347 g/mol. The second-order valence-corrected chi connectivity index (χ2v) is 6.88. The van der Waals surface area contributed by atoms with Crippen molar-refractivity contribution in [2.45, 2.75) is 52.4 Å². The molecule has 1 aromatic rings. The maximum absolute atomic E-state index is 12.3. The molecule has 0 heterocycles. The third-order valence-corrected chi connectivity index (χ3v) is 5.29. The number of benzene rings is 1. The van der Waals surface area contributed by atoms with Gasteiger partial charge in [0, 0.05) is 6.92 Å². The fourth-order valence-electron chi connectivity index (χ4n) is 3.88. The maximum Gasteiger partial charge on any atom is 0.310 e. The lowest BCUT2D eigenvalue weighted by Gasteiger charge is -2.44. The van der Waals surface area contributed by atoms with Crippen molar-refractivity contribution in [3.05, 3.63) is 35.9 Å². The van der Waals surface area contributed by atoms with E-state index in [4.69, 9.17) is 9.47 Å². The van der Waals surface area contributed by atoms with Crippen LogP contribution in [0.25, 0.3) is 0 Å². The minimum atomic E-state index is -0.379. The van der Waals surface area contributed by atoms with Gasteiger partial charge in [0.05, 0.1) is 31.8 Å². The van der Waals surface area contributed by atoms with Gasteiger partial charge in [-0.05, 0) is 23.8 Å². The Morgan fingerprint density at radius 2 is 1.92 bits per heavy atom. The van der Waals surface area contributed by atoms with E-state index in [0.29, 0.717) is 18.9 Å². The molecule has 0 bridgehead atoms. The van der Waals surface area contributed by atoms with Gasteiger partial charge in [-0.15, -0.1) is 0 Å². The quantitative estimate of drug-likeness (QED) is 0.804. The molecule has 1 aliphatic carbocycles. The molecule has 0 spiro atoms. The Balaban J connectivity index is 2.24. The first kappa shape index (κ1) is 19.4. The molecule has 5 heteroatoms. The van der Waals surface area contributed by atoms with E-state index in [2.05, 4.69) is 19.2 Å². The Kier molecular flexibility index (Phi) is 7.00. The lowest BCUT2D eigenvalue weighted by Crippen LogP contribution is -2.58. The van der Waals surface area contributed by atoms with E-state index >= 15 is 0 Å². The van der Waals surface area contributed by atoms with E-state index in [1.54, 1.807) is 0 Å². The van der Waals surface area contributed by atoms with Crippen molar-refractivity contribution >= 4 is 11.9 Å². The van der Waals surface area contributed by atoms with Gasteiger partial charge in [0.15, 0.2) is 0 Å². The Labute approximate surface area is 150 Å². The normalized spacial score (nSPS) is 29.0. The number of hydrogen-bond acceptors (Lipinski definition) is 4. The summed E-state index contributed by atoms with van der Waals surface area (Å²) in [4.78, 5) is 24.0. The molecule has 0 unspecified atom stereocenters. The third-order valence-electron chi connectivity index (χ3n) is 5.29. The molecule has 1 fully saturated rings. The highest BCUT2D eigenvalue weighted by molar-refractivity contribution is 5.77. The zero-order valence-electron chi connectivity index (χ0n) is 15.5. The van der Waals surface area contributed by atoms with Crippen molar-refractivity contribution in [3.8, 4) is 0 Å². The van der Waals surface area contributed by atoms with Crippen LogP contribution in [0.4, 0.5) is 0 Å². The summed E-state index contributed by atoms with van der Waals surface area (Å²) in [5, 5.41) is 2.94. The lowest BCUT2D eigenvalue weighted by atomic mass is 9.69. The number of hydrogen-bond donors (Lipinski definition) is 1. The molecule has 1 saturated carbocycles. The van der Waals surface area contributed by atoms with Crippen LogP contribution in [0.15, 0.2) is 30.3 Å².